The van der Waals surface area contributed by atoms with Crippen LogP contribution in [0.2, 0.25) is 0 Å². The lowest BCUT2D eigenvalue weighted by Gasteiger charge is -2.12. The monoisotopic (exact) mass is 319 g/mol. The summed E-state index contributed by atoms with van der Waals surface area (Å²) in [5.74, 6) is 5.60. The Morgan fingerprint density at radius 3 is 2.90 bits per heavy atom. The van der Waals surface area contributed by atoms with Gasteiger partial charge in [0.25, 0.3) is 5.91 Å². The van der Waals surface area contributed by atoms with Gasteiger partial charge in [-0.25, -0.2) is 4.98 Å². The maximum Gasteiger partial charge on any atom is 0.263 e. The number of carbonyl (C=O) groups is 1. The largest absolute Gasteiger partial charge is 0.344 e. The number of thiophene rings is 1. The Labute approximate surface area is 132 Å². The third-order valence-corrected chi connectivity index (χ3v) is 5.05. The highest BCUT2D eigenvalue weighted by Gasteiger charge is 2.18. The molecule has 0 aliphatic heterocycles. The summed E-state index contributed by atoms with van der Waals surface area (Å²) in [6.45, 7) is 6.18. The fourth-order valence-corrected chi connectivity index (χ4v) is 3.69. The summed E-state index contributed by atoms with van der Waals surface area (Å²) in [5.41, 5.74) is 7.07. The predicted molar refractivity (Wildman–Crippen MR) is 87.7 cm³/mol. The normalized spacial score (nSPS) is 11.6. The number of hydrogen-bond donors (Lipinski definition) is 2. The van der Waals surface area contributed by atoms with Crippen molar-refractivity contribution < 1.29 is 4.79 Å². The Hall–Kier alpha value is -1.68. The summed E-state index contributed by atoms with van der Waals surface area (Å²) in [6, 6.07) is 1.77. The van der Waals surface area contributed by atoms with Crippen LogP contribution in [-0.4, -0.2) is 17.4 Å². The first-order valence-corrected chi connectivity index (χ1v) is 8.23. The number of rotatable bonds is 3. The molecule has 0 fully saturated rings. The van der Waals surface area contributed by atoms with Crippen molar-refractivity contribution in [3.05, 3.63) is 37.5 Å². The van der Waals surface area contributed by atoms with Crippen LogP contribution in [0, 0.1) is 25.7 Å². The molecule has 0 bridgehead atoms. The lowest BCUT2D eigenvalue weighted by molar-refractivity contribution is 0.0944. The lowest BCUT2D eigenvalue weighted by Crippen LogP contribution is -2.26. The first-order chi connectivity index (χ1) is 10.0. The molecule has 21 heavy (non-hydrogen) atoms. The van der Waals surface area contributed by atoms with E-state index in [-0.39, 0.29) is 18.5 Å². The van der Waals surface area contributed by atoms with E-state index in [1.807, 2.05) is 32.2 Å². The maximum absolute atomic E-state index is 12.4. The van der Waals surface area contributed by atoms with E-state index >= 15 is 0 Å². The van der Waals surface area contributed by atoms with E-state index in [0.29, 0.717) is 4.88 Å². The minimum atomic E-state index is -0.107. The second-order valence-electron chi connectivity index (χ2n) is 4.55. The average Bonchev–Trinajstić information content (AvgIpc) is 3.02. The van der Waals surface area contributed by atoms with Gasteiger partial charge in [0.05, 0.1) is 23.3 Å². The maximum atomic E-state index is 12.4. The summed E-state index contributed by atoms with van der Waals surface area (Å²) >= 11 is 3.00. The summed E-state index contributed by atoms with van der Waals surface area (Å²) < 4.78 is 0. The minimum absolute atomic E-state index is 0.0684. The molecule has 0 spiro atoms. The van der Waals surface area contributed by atoms with E-state index in [1.165, 1.54) is 11.3 Å². The van der Waals surface area contributed by atoms with Crippen LogP contribution in [0.15, 0.2) is 11.4 Å². The Bertz CT molecular complexity index is 706. The van der Waals surface area contributed by atoms with Crippen molar-refractivity contribution in [3.8, 4) is 11.8 Å². The summed E-state index contributed by atoms with van der Waals surface area (Å²) in [7, 11) is 0. The van der Waals surface area contributed by atoms with Crippen molar-refractivity contribution in [1.82, 2.24) is 10.3 Å². The first kappa shape index (κ1) is 15.7. The van der Waals surface area contributed by atoms with Crippen molar-refractivity contribution in [2.75, 3.05) is 6.54 Å². The number of carbonyl (C=O) groups excluding carboxylic acids is 1. The molecule has 6 heteroatoms. The van der Waals surface area contributed by atoms with Gasteiger partial charge in [0, 0.05) is 10.4 Å². The quantitative estimate of drug-likeness (QED) is 0.855. The average molecular weight is 319 g/mol. The molecule has 0 saturated heterocycles. The van der Waals surface area contributed by atoms with Crippen LogP contribution < -0.4 is 11.1 Å². The van der Waals surface area contributed by atoms with Gasteiger partial charge in [0.1, 0.15) is 4.88 Å². The highest BCUT2D eigenvalue weighted by atomic mass is 32.1. The molecule has 0 aromatic carbocycles. The van der Waals surface area contributed by atoms with Gasteiger partial charge in [-0.2, -0.15) is 0 Å². The van der Waals surface area contributed by atoms with E-state index in [0.717, 1.165) is 21.1 Å². The van der Waals surface area contributed by atoms with Crippen LogP contribution in [0.5, 0.6) is 0 Å². The van der Waals surface area contributed by atoms with E-state index in [1.54, 1.807) is 11.3 Å². The van der Waals surface area contributed by atoms with Crippen molar-refractivity contribution in [2.24, 2.45) is 5.73 Å². The van der Waals surface area contributed by atoms with E-state index < -0.39 is 0 Å². The minimum Gasteiger partial charge on any atom is -0.344 e. The third-order valence-electron chi connectivity index (χ3n) is 2.88. The Balaban J connectivity index is 2.15. The number of aromatic nitrogens is 1. The van der Waals surface area contributed by atoms with Gasteiger partial charge in [-0.3, -0.25) is 4.79 Å². The molecule has 2 aromatic rings. The molecule has 1 unspecified atom stereocenters. The van der Waals surface area contributed by atoms with Crippen molar-refractivity contribution >= 4 is 28.6 Å². The van der Waals surface area contributed by atoms with Crippen LogP contribution in [0.4, 0.5) is 0 Å². The molecular formula is C15H17N3OS2. The molecule has 3 N–H and O–H groups in total. The first-order valence-electron chi connectivity index (χ1n) is 6.54. The highest BCUT2D eigenvalue weighted by molar-refractivity contribution is 7.12. The molecule has 1 atom stereocenters. The summed E-state index contributed by atoms with van der Waals surface area (Å²) in [6.07, 6.45) is 0. The van der Waals surface area contributed by atoms with Crippen LogP contribution >= 0.6 is 22.7 Å². The van der Waals surface area contributed by atoms with Gasteiger partial charge in [0.15, 0.2) is 0 Å². The zero-order valence-electron chi connectivity index (χ0n) is 12.2. The SMILES string of the molecule is Cc1nc(C)c(C(C)NC(=O)c2sccc2C#CCN)s1. The summed E-state index contributed by atoms with van der Waals surface area (Å²) in [5, 5.41) is 5.88. The lowest BCUT2D eigenvalue weighted by atomic mass is 10.2. The number of thiazole rings is 1. The fourth-order valence-electron chi connectivity index (χ4n) is 2.01. The van der Waals surface area contributed by atoms with Gasteiger partial charge in [-0.1, -0.05) is 11.8 Å². The Kier molecular flexibility index (Phi) is 5.12. The van der Waals surface area contributed by atoms with E-state index in [9.17, 15) is 4.79 Å². The Morgan fingerprint density at radius 2 is 2.29 bits per heavy atom. The molecule has 4 nitrogen and oxygen atoms in total. The molecule has 2 aromatic heterocycles. The van der Waals surface area contributed by atoms with Gasteiger partial charge in [-0.05, 0) is 32.2 Å². The van der Waals surface area contributed by atoms with E-state index in [4.69, 9.17) is 5.73 Å². The molecule has 110 valence electrons. The van der Waals surface area contributed by atoms with Crippen molar-refractivity contribution in [2.45, 2.75) is 26.8 Å². The second kappa shape index (κ2) is 6.85. The van der Waals surface area contributed by atoms with Crippen LogP contribution in [0.25, 0.3) is 0 Å². The molecule has 0 aliphatic rings. The molecule has 2 heterocycles. The Morgan fingerprint density at radius 1 is 1.52 bits per heavy atom. The third kappa shape index (κ3) is 3.70. The van der Waals surface area contributed by atoms with Crippen LogP contribution in [0.1, 0.15) is 43.8 Å². The standard InChI is InChI=1S/C15H17N3OS2/c1-9-13(21-11(3)17-9)10(2)18-15(19)14-12(5-4-7-16)6-8-20-14/h6,8,10H,7,16H2,1-3H3,(H,18,19). The molecule has 1 amide bonds. The zero-order chi connectivity index (χ0) is 15.4. The number of amides is 1. The zero-order valence-corrected chi connectivity index (χ0v) is 13.8. The van der Waals surface area contributed by atoms with Gasteiger partial charge in [0.2, 0.25) is 0 Å². The summed E-state index contributed by atoms with van der Waals surface area (Å²) in [4.78, 5) is 18.5. The predicted octanol–water partition coefficient (Wildman–Crippen LogP) is 2.62. The van der Waals surface area contributed by atoms with Crippen molar-refractivity contribution in [1.29, 1.82) is 0 Å². The number of nitrogens with two attached hydrogens (primary N) is 1. The molecule has 0 saturated carbocycles. The topological polar surface area (TPSA) is 68.0 Å². The van der Waals surface area contributed by atoms with Gasteiger partial charge in [-0.15, -0.1) is 22.7 Å². The number of hydrogen-bond acceptors (Lipinski definition) is 5. The van der Waals surface area contributed by atoms with Crippen LogP contribution in [-0.2, 0) is 0 Å². The smallest absolute Gasteiger partial charge is 0.263 e. The van der Waals surface area contributed by atoms with Crippen molar-refractivity contribution in [3.63, 3.8) is 0 Å². The van der Waals surface area contributed by atoms with Crippen LogP contribution in [0.3, 0.4) is 0 Å². The highest BCUT2D eigenvalue weighted by Crippen LogP contribution is 2.25. The second-order valence-corrected chi connectivity index (χ2v) is 6.70. The molecule has 0 radical (unpaired) electrons. The number of nitrogens with one attached hydrogen (secondary N) is 1. The molecule has 0 aliphatic carbocycles. The molecular weight excluding hydrogens is 302 g/mol. The van der Waals surface area contributed by atoms with E-state index in [2.05, 4.69) is 22.1 Å². The fraction of sp³-hybridized carbons (Fsp3) is 0.333. The number of nitrogens with zero attached hydrogens (tertiary/aromatic N) is 1. The van der Waals surface area contributed by atoms with Gasteiger partial charge >= 0.3 is 0 Å². The van der Waals surface area contributed by atoms with Gasteiger partial charge < -0.3 is 11.1 Å². The molecule has 2 rings (SSSR count). The number of aryl methyl sites for hydroxylation is 2.